The summed E-state index contributed by atoms with van der Waals surface area (Å²) in [6, 6.07) is 3.79. The van der Waals surface area contributed by atoms with Gasteiger partial charge in [0.25, 0.3) is 5.69 Å². The maximum atomic E-state index is 10.7. The third-order valence-electron chi connectivity index (χ3n) is 2.02. The highest BCUT2D eigenvalue weighted by molar-refractivity contribution is 5.88. The van der Waals surface area contributed by atoms with E-state index in [4.69, 9.17) is 10.4 Å². The van der Waals surface area contributed by atoms with Gasteiger partial charge in [-0.15, -0.1) is 0 Å². The summed E-state index contributed by atoms with van der Waals surface area (Å²) in [6.45, 7) is 0. The van der Waals surface area contributed by atoms with Crippen molar-refractivity contribution in [3.63, 3.8) is 0 Å². The predicted octanol–water partition coefficient (Wildman–Crippen LogP) is 1.38. The molecule has 90 valence electrons. The van der Waals surface area contributed by atoms with E-state index in [2.05, 4.69) is 0 Å². The molecule has 1 N–H and O–H groups in total. The van der Waals surface area contributed by atoms with E-state index in [1.54, 1.807) is 6.07 Å². The first-order valence-corrected chi connectivity index (χ1v) is 4.58. The van der Waals surface area contributed by atoms with Gasteiger partial charge in [-0.05, 0) is 12.1 Å². The Bertz CT molecular complexity index is 598. The highest BCUT2D eigenvalue weighted by Crippen LogP contribution is 2.24. The highest BCUT2D eigenvalue weighted by Gasteiger charge is 2.18. The van der Waals surface area contributed by atoms with Crippen molar-refractivity contribution < 1.29 is 19.6 Å². The summed E-state index contributed by atoms with van der Waals surface area (Å²) in [5.41, 5.74) is -0.822. The number of carboxylic acid groups (broad SMARTS) is 1. The van der Waals surface area contributed by atoms with Crippen LogP contribution < -0.4 is 0 Å². The molecule has 18 heavy (non-hydrogen) atoms. The molecule has 0 aliphatic heterocycles. The van der Waals surface area contributed by atoms with Crippen LogP contribution in [0, 0.1) is 21.4 Å². The Labute approximate surface area is 101 Å². The Morgan fingerprint density at radius 1 is 1.50 bits per heavy atom. The molecule has 1 rings (SSSR count). The summed E-state index contributed by atoms with van der Waals surface area (Å²) in [7, 11) is 0. The van der Waals surface area contributed by atoms with E-state index in [9.17, 15) is 19.7 Å². The molecule has 1 aromatic carbocycles. The number of aldehydes is 1. The molecule has 0 saturated carbocycles. The van der Waals surface area contributed by atoms with Crippen LogP contribution in [-0.4, -0.2) is 22.3 Å². The van der Waals surface area contributed by atoms with Crippen molar-refractivity contribution in [2.24, 2.45) is 0 Å². The van der Waals surface area contributed by atoms with E-state index in [1.807, 2.05) is 0 Å². The minimum absolute atomic E-state index is 0.00858. The van der Waals surface area contributed by atoms with Gasteiger partial charge in [-0.3, -0.25) is 14.9 Å². The minimum Gasteiger partial charge on any atom is -0.478 e. The highest BCUT2D eigenvalue weighted by atomic mass is 16.6. The second-order valence-corrected chi connectivity index (χ2v) is 3.16. The van der Waals surface area contributed by atoms with Gasteiger partial charge in [0.05, 0.1) is 4.92 Å². The first-order valence-electron chi connectivity index (χ1n) is 4.58. The lowest BCUT2D eigenvalue weighted by molar-refractivity contribution is -0.385. The van der Waals surface area contributed by atoms with Crippen LogP contribution in [-0.2, 0) is 4.79 Å². The zero-order valence-corrected chi connectivity index (χ0v) is 8.86. The molecular weight excluding hydrogens is 240 g/mol. The maximum absolute atomic E-state index is 10.7. The maximum Gasteiger partial charge on any atom is 0.328 e. The first kappa shape index (κ1) is 13.1. The number of aliphatic carboxylic acids is 1. The zero-order chi connectivity index (χ0) is 13.7. The van der Waals surface area contributed by atoms with Gasteiger partial charge in [-0.25, -0.2) is 4.79 Å². The van der Waals surface area contributed by atoms with Gasteiger partial charge in [-0.2, -0.15) is 5.26 Å². The van der Waals surface area contributed by atoms with Gasteiger partial charge in [-0.1, -0.05) is 0 Å². The molecular formula is C11H6N2O5. The number of nitriles is 1. The van der Waals surface area contributed by atoms with Crippen molar-refractivity contribution in [1.82, 2.24) is 0 Å². The van der Waals surface area contributed by atoms with Gasteiger partial charge in [0.15, 0.2) is 0 Å². The molecule has 0 aliphatic carbocycles. The van der Waals surface area contributed by atoms with Gasteiger partial charge in [0, 0.05) is 23.3 Å². The number of hydrogen-bond acceptors (Lipinski definition) is 5. The largest absolute Gasteiger partial charge is 0.478 e. The fourth-order valence-corrected chi connectivity index (χ4v) is 1.30. The lowest BCUT2D eigenvalue weighted by atomic mass is 10.0. The molecule has 7 heteroatoms. The van der Waals surface area contributed by atoms with Crippen LogP contribution in [0.3, 0.4) is 0 Å². The molecule has 0 aromatic heterocycles. The number of benzene rings is 1. The van der Waals surface area contributed by atoms with Crippen molar-refractivity contribution in [3.05, 3.63) is 45.0 Å². The van der Waals surface area contributed by atoms with Crippen LogP contribution in [0.1, 0.15) is 21.5 Å². The second kappa shape index (κ2) is 5.36. The summed E-state index contributed by atoms with van der Waals surface area (Å²) in [5, 5.41) is 28.1. The number of rotatable bonds is 4. The van der Waals surface area contributed by atoms with Crippen molar-refractivity contribution in [3.8, 4) is 6.07 Å². The molecule has 0 bridgehead atoms. The van der Waals surface area contributed by atoms with Crippen LogP contribution in [0.2, 0.25) is 0 Å². The topological polar surface area (TPSA) is 121 Å². The second-order valence-electron chi connectivity index (χ2n) is 3.16. The number of carbonyl (C=O) groups is 2. The lowest BCUT2D eigenvalue weighted by Crippen LogP contribution is -1.98. The van der Waals surface area contributed by atoms with Gasteiger partial charge in [0.2, 0.25) is 0 Å². The molecule has 0 radical (unpaired) electrons. The van der Waals surface area contributed by atoms with Crippen molar-refractivity contribution in [2.45, 2.75) is 0 Å². The normalized spacial score (nSPS) is 9.94. The number of carbonyl (C=O) groups excluding carboxylic acids is 1. The van der Waals surface area contributed by atoms with Crippen LogP contribution in [0.25, 0.3) is 6.08 Å². The monoisotopic (exact) mass is 246 g/mol. The standard InChI is InChI=1S/C11H6N2O5/c12-5-9-8(1-2-11(15)16)3-7(6-14)4-10(9)13(17)18/h1-4,6H,(H,15,16)/b2-1+. The molecule has 0 amide bonds. The molecule has 0 heterocycles. The predicted molar refractivity (Wildman–Crippen MR) is 59.9 cm³/mol. The Balaban J connectivity index is 3.53. The molecule has 7 nitrogen and oxygen atoms in total. The molecule has 0 unspecified atom stereocenters. The van der Waals surface area contributed by atoms with Crippen LogP contribution in [0.4, 0.5) is 5.69 Å². The number of nitro benzene ring substituents is 1. The van der Waals surface area contributed by atoms with Crippen LogP contribution in [0.5, 0.6) is 0 Å². The molecule has 0 saturated heterocycles. The Kier molecular flexibility index (Phi) is 3.89. The Morgan fingerprint density at radius 3 is 2.61 bits per heavy atom. The van der Waals surface area contributed by atoms with Gasteiger partial charge >= 0.3 is 5.97 Å². The zero-order valence-electron chi connectivity index (χ0n) is 8.86. The van der Waals surface area contributed by atoms with Crippen molar-refractivity contribution in [1.29, 1.82) is 5.26 Å². The van der Waals surface area contributed by atoms with Crippen molar-refractivity contribution in [2.75, 3.05) is 0 Å². The fourth-order valence-electron chi connectivity index (χ4n) is 1.30. The SMILES string of the molecule is N#Cc1c(/C=C/C(=O)O)cc(C=O)cc1[N+](=O)[O-]. The summed E-state index contributed by atoms with van der Waals surface area (Å²) < 4.78 is 0. The van der Waals surface area contributed by atoms with Gasteiger partial charge in [0.1, 0.15) is 17.9 Å². The van der Waals surface area contributed by atoms with E-state index in [1.165, 1.54) is 6.07 Å². The number of carboxylic acids is 1. The first-order chi connectivity index (χ1) is 8.49. The Morgan fingerprint density at radius 2 is 2.17 bits per heavy atom. The van der Waals surface area contributed by atoms with Gasteiger partial charge < -0.3 is 5.11 Å². The third-order valence-corrected chi connectivity index (χ3v) is 2.02. The summed E-state index contributed by atoms with van der Waals surface area (Å²) in [5.74, 6) is -1.27. The number of nitro groups is 1. The summed E-state index contributed by atoms with van der Waals surface area (Å²) in [6.07, 6.45) is 2.14. The van der Waals surface area contributed by atoms with Crippen molar-refractivity contribution >= 4 is 24.0 Å². The van der Waals surface area contributed by atoms with E-state index < -0.39 is 16.6 Å². The molecule has 1 aromatic rings. The summed E-state index contributed by atoms with van der Waals surface area (Å²) >= 11 is 0. The average Bonchev–Trinajstić information content (AvgIpc) is 2.34. The van der Waals surface area contributed by atoms with E-state index in [0.717, 1.165) is 18.2 Å². The Hall–Kier alpha value is -3.01. The van der Waals surface area contributed by atoms with Crippen LogP contribution in [0.15, 0.2) is 18.2 Å². The number of nitrogens with zero attached hydrogens (tertiary/aromatic N) is 2. The van der Waals surface area contributed by atoms with E-state index >= 15 is 0 Å². The molecule has 0 spiro atoms. The fraction of sp³-hybridized carbons (Fsp3) is 0. The third kappa shape index (κ3) is 2.76. The quantitative estimate of drug-likeness (QED) is 0.370. The number of hydrogen-bond donors (Lipinski definition) is 1. The van der Waals surface area contributed by atoms with Crippen LogP contribution >= 0.6 is 0 Å². The van der Waals surface area contributed by atoms with E-state index in [-0.39, 0.29) is 16.7 Å². The molecule has 0 aliphatic rings. The molecule has 0 atom stereocenters. The minimum atomic E-state index is -1.27. The van der Waals surface area contributed by atoms with E-state index in [0.29, 0.717) is 6.29 Å². The smallest absolute Gasteiger partial charge is 0.328 e. The lowest BCUT2D eigenvalue weighted by Gasteiger charge is -2.01. The summed E-state index contributed by atoms with van der Waals surface area (Å²) in [4.78, 5) is 30.9. The molecule has 0 fully saturated rings. The average molecular weight is 246 g/mol.